The summed E-state index contributed by atoms with van der Waals surface area (Å²) < 4.78 is 0.145. The van der Waals surface area contributed by atoms with Gasteiger partial charge in [0, 0.05) is 21.6 Å². The van der Waals surface area contributed by atoms with Crippen molar-refractivity contribution in [2.75, 3.05) is 0 Å². The molecule has 104 valence electrons. The highest BCUT2D eigenvalue weighted by molar-refractivity contribution is 8.00. The number of hydrogen-bond acceptors (Lipinski definition) is 2. The number of benzene rings is 2. The van der Waals surface area contributed by atoms with Crippen LogP contribution >= 0.6 is 11.8 Å². The van der Waals surface area contributed by atoms with Crippen LogP contribution in [0.2, 0.25) is 0 Å². The Hall–Kier alpha value is -1.54. The lowest BCUT2D eigenvalue weighted by molar-refractivity contribution is 0.0992. The molecule has 2 aromatic rings. The molecule has 0 heterocycles. The van der Waals surface area contributed by atoms with E-state index in [0.717, 1.165) is 11.1 Å². The minimum atomic E-state index is 0.145. The third-order valence-corrected chi connectivity index (χ3v) is 4.07. The van der Waals surface area contributed by atoms with Crippen molar-refractivity contribution >= 4 is 17.5 Å². The molecule has 0 aliphatic carbocycles. The van der Waals surface area contributed by atoms with Crippen molar-refractivity contribution in [1.82, 2.24) is 0 Å². The summed E-state index contributed by atoms with van der Waals surface area (Å²) in [7, 11) is 0. The molecule has 2 rings (SSSR count). The average molecular weight is 284 g/mol. The molecule has 0 radical (unpaired) electrons. The van der Waals surface area contributed by atoms with Crippen LogP contribution < -0.4 is 0 Å². The topological polar surface area (TPSA) is 17.1 Å². The van der Waals surface area contributed by atoms with E-state index in [1.165, 1.54) is 4.90 Å². The maximum Gasteiger partial charge on any atom is 0.167 e. The van der Waals surface area contributed by atoms with Crippen LogP contribution in [0.15, 0.2) is 59.5 Å². The van der Waals surface area contributed by atoms with Crippen molar-refractivity contribution in [2.45, 2.75) is 36.8 Å². The Bertz CT molecular complexity index is 582. The van der Waals surface area contributed by atoms with Crippen LogP contribution in [0.3, 0.4) is 0 Å². The second kappa shape index (κ2) is 6.27. The van der Waals surface area contributed by atoms with Gasteiger partial charge in [-0.1, -0.05) is 69.3 Å². The van der Waals surface area contributed by atoms with Crippen molar-refractivity contribution in [3.05, 3.63) is 65.7 Å². The first-order chi connectivity index (χ1) is 9.46. The monoisotopic (exact) mass is 284 g/mol. The van der Waals surface area contributed by atoms with Gasteiger partial charge in [-0.25, -0.2) is 0 Å². The summed E-state index contributed by atoms with van der Waals surface area (Å²) in [4.78, 5) is 13.5. The van der Waals surface area contributed by atoms with Crippen LogP contribution in [0.25, 0.3) is 0 Å². The lowest BCUT2D eigenvalue weighted by Gasteiger charge is -2.19. The van der Waals surface area contributed by atoms with Gasteiger partial charge in [-0.05, 0) is 11.6 Å². The highest BCUT2D eigenvalue weighted by Crippen LogP contribution is 2.34. The smallest absolute Gasteiger partial charge is 0.167 e. The standard InChI is InChI=1S/C18H20OS/c1-18(2,3)20-17-12-8-7-11-15(17)13-16(19)14-9-5-4-6-10-14/h4-12H,13H2,1-3H3. The average Bonchev–Trinajstić information content (AvgIpc) is 2.40. The number of thioether (sulfide) groups is 1. The molecule has 20 heavy (non-hydrogen) atoms. The Balaban J connectivity index is 2.20. The van der Waals surface area contributed by atoms with E-state index < -0.39 is 0 Å². The third-order valence-electron chi connectivity index (χ3n) is 2.84. The fourth-order valence-electron chi connectivity index (χ4n) is 1.98. The molecule has 2 aromatic carbocycles. The van der Waals surface area contributed by atoms with E-state index in [2.05, 4.69) is 32.9 Å². The van der Waals surface area contributed by atoms with Crippen molar-refractivity contribution < 1.29 is 4.79 Å². The minimum Gasteiger partial charge on any atom is -0.294 e. The molecule has 0 amide bonds. The second-order valence-corrected chi connectivity index (χ2v) is 7.66. The van der Waals surface area contributed by atoms with Crippen LogP contribution in [0.4, 0.5) is 0 Å². The number of ketones is 1. The van der Waals surface area contributed by atoms with Gasteiger partial charge in [-0.3, -0.25) is 4.79 Å². The highest BCUT2D eigenvalue weighted by atomic mass is 32.2. The molecule has 0 N–H and O–H groups in total. The summed E-state index contributed by atoms with van der Waals surface area (Å²) in [5.74, 6) is 0.174. The van der Waals surface area contributed by atoms with E-state index in [1.54, 1.807) is 0 Å². The lowest BCUT2D eigenvalue weighted by atomic mass is 10.0. The zero-order chi connectivity index (χ0) is 14.6. The molecule has 1 nitrogen and oxygen atoms in total. The van der Waals surface area contributed by atoms with Gasteiger partial charge in [-0.2, -0.15) is 0 Å². The summed E-state index contributed by atoms with van der Waals surface area (Å²) in [5, 5.41) is 0. The van der Waals surface area contributed by atoms with E-state index >= 15 is 0 Å². The van der Waals surface area contributed by atoms with Gasteiger partial charge >= 0.3 is 0 Å². The van der Waals surface area contributed by atoms with E-state index in [0.29, 0.717) is 6.42 Å². The van der Waals surface area contributed by atoms with E-state index in [9.17, 15) is 4.79 Å². The van der Waals surface area contributed by atoms with Crippen molar-refractivity contribution in [1.29, 1.82) is 0 Å². The molecule has 0 aliphatic rings. The van der Waals surface area contributed by atoms with Gasteiger partial charge in [0.05, 0.1) is 0 Å². The zero-order valence-electron chi connectivity index (χ0n) is 12.2. The van der Waals surface area contributed by atoms with E-state index in [1.807, 2.05) is 54.2 Å². The number of hydrogen-bond donors (Lipinski definition) is 0. The lowest BCUT2D eigenvalue weighted by Crippen LogP contribution is -2.09. The number of carbonyl (C=O) groups is 1. The number of carbonyl (C=O) groups excluding carboxylic acids is 1. The zero-order valence-corrected chi connectivity index (χ0v) is 13.0. The maximum absolute atomic E-state index is 12.3. The third kappa shape index (κ3) is 4.24. The molecular weight excluding hydrogens is 264 g/mol. The Morgan fingerprint density at radius 1 is 0.950 bits per heavy atom. The molecule has 0 aromatic heterocycles. The summed E-state index contributed by atoms with van der Waals surface area (Å²) in [5.41, 5.74) is 1.89. The van der Waals surface area contributed by atoms with E-state index in [4.69, 9.17) is 0 Å². The molecule has 0 fully saturated rings. The molecular formula is C18H20OS. The first-order valence-corrected chi connectivity index (χ1v) is 7.62. The van der Waals surface area contributed by atoms with Crippen molar-refractivity contribution in [2.24, 2.45) is 0 Å². The summed E-state index contributed by atoms with van der Waals surface area (Å²) in [6.45, 7) is 6.56. The molecule has 0 atom stereocenters. The predicted molar refractivity (Wildman–Crippen MR) is 86.5 cm³/mol. The van der Waals surface area contributed by atoms with Crippen molar-refractivity contribution in [3.8, 4) is 0 Å². The van der Waals surface area contributed by atoms with Crippen molar-refractivity contribution in [3.63, 3.8) is 0 Å². The maximum atomic E-state index is 12.3. The van der Waals surface area contributed by atoms with Gasteiger partial charge < -0.3 is 0 Å². The molecule has 2 heteroatoms. The first kappa shape index (κ1) is 14.9. The Morgan fingerprint density at radius 2 is 1.55 bits per heavy atom. The molecule has 0 saturated carbocycles. The molecule has 0 unspecified atom stereocenters. The van der Waals surface area contributed by atoms with Gasteiger partial charge in [-0.15, -0.1) is 11.8 Å². The first-order valence-electron chi connectivity index (χ1n) is 6.81. The summed E-state index contributed by atoms with van der Waals surface area (Å²) in [6, 6.07) is 17.7. The number of Topliss-reactive ketones (excluding diaryl/α,β-unsaturated/α-hetero) is 1. The predicted octanol–water partition coefficient (Wildman–Crippen LogP) is 5.00. The Morgan fingerprint density at radius 3 is 2.20 bits per heavy atom. The molecule has 0 bridgehead atoms. The fourth-order valence-corrected chi connectivity index (χ4v) is 3.06. The van der Waals surface area contributed by atoms with Crippen LogP contribution in [0.1, 0.15) is 36.7 Å². The summed E-state index contributed by atoms with van der Waals surface area (Å²) in [6.07, 6.45) is 0.462. The molecule has 0 spiro atoms. The second-order valence-electron chi connectivity index (χ2n) is 5.79. The van der Waals surface area contributed by atoms with Crippen LogP contribution in [0.5, 0.6) is 0 Å². The quantitative estimate of drug-likeness (QED) is 0.580. The SMILES string of the molecule is CC(C)(C)Sc1ccccc1CC(=O)c1ccccc1. The highest BCUT2D eigenvalue weighted by Gasteiger charge is 2.16. The fraction of sp³-hybridized carbons (Fsp3) is 0.278. The summed E-state index contributed by atoms with van der Waals surface area (Å²) >= 11 is 1.81. The van der Waals surface area contributed by atoms with Crippen LogP contribution in [0, 0.1) is 0 Å². The van der Waals surface area contributed by atoms with E-state index in [-0.39, 0.29) is 10.5 Å². The van der Waals surface area contributed by atoms with Gasteiger partial charge in [0.1, 0.15) is 0 Å². The van der Waals surface area contributed by atoms with Crippen LogP contribution in [-0.2, 0) is 6.42 Å². The van der Waals surface area contributed by atoms with Gasteiger partial charge in [0.15, 0.2) is 5.78 Å². The minimum absolute atomic E-state index is 0.145. The normalized spacial score (nSPS) is 11.3. The molecule has 0 saturated heterocycles. The van der Waals surface area contributed by atoms with Crippen LogP contribution in [-0.4, -0.2) is 10.5 Å². The molecule has 0 aliphatic heterocycles. The largest absolute Gasteiger partial charge is 0.294 e. The Labute approximate surface area is 125 Å². The Kier molecular flexibility index (Phi) is 4.66. The van der Waals surface area contributed by atoms with Gasteiger partial charge in [0.25, 0.3) is 0 Å². The van der Waals surface area contributed by atoms with Gasteiger partial charge in [0.2, 0.25) is 0 Å². The number of rotatable bonds is 4.